The fraction of sp³-hybridized carbons (Fsp3) is 0.500. The van der Waals surface area contributed by atoms with Crippen molar-refractivity contribution in [2.45, 2.75) is 24.3 Å². The highest BCUT2D eigenvalue weighted by Crippen LogP contribution is 2.18. The Bertz CT molecular complexity index is 516. The quantitative estimate of drug-likeness (QED) is 0.626. The summed E-state index contributed by atoms with van der Waals surface area (Å²) >= 11 is 5.81. The van der Waals surface area contributed by atoms with E-state index >= 15 is 0 Å². The summed E-state index contributed by atoms with van der Waals surface area (Å²) in [6.07, 6.45) is 8.57. The van der Waals surface area contributed by atoms with Gasteiger partial charge in [-0.05, 0) is 12.8 Å². The lowest BCUT2D eigenvalue weighted by molar-refractivity contribution is 0.574. The van der Waals surface area contributed by atoms with E-state index < -0.39 is 10.0 Å². The summed E-state index contributed by atoms with van der Waals surface area (Å²) in [6.45, 7) is 0.330. The topological polar surface area (TPSA) is 64.0 Å². The molecule has 17 heavy (non-hydrogen) atoms. The van der Waals surface area contributed by atoms with Gasteiger partial charge in [-0.15, -0.1) is 12.3 Å². The summed E-state index contributed by atoms with van der Waals surface area (Å²) in [4.78, 5) is 3.75. The molecule has 0 aromatic carbocycles. The Hall–Kier alpha value is -1.03. The van der Waals surface area contributed by atoms with E-state index in [9.17, 15) is 8.42 Å². The average Bonchev–Trinajstić information content (AvgIpc) is 2.60. The van der Waals surface area contributed by atoms with Crippen LogP contribution in [-0.4, -0.2) is 24.5 Å². The van der Waals surface area contributed by atoms with Gasteiger partial charge in [-0.3, -0.25) is 0 Å². The molecule has 0 atom stereocenters. The van der Waals surface area contributed by atoms with Gasteiger partial charge in [0.05, 0.1) is 6.33 Å². The fourth-order valence-electron chi connectivity index (χ4n) is 1.20. The van der Waals surface area contributed by atoms with Crippen molar-refractivity contribution in [2.75, 3.05) is 6.54 Å². The van der Waals surface area contributed by atoms with Crippen molar-refractivity contribution in [3.63, 3.8) is 0 Å². The number of sulfonamides is 1. The molecule has 1 heterocycles. The SMILES string of the molecule is C#CCCCCNS(=O)(=O)c1ncn(C)c1Cl. The monoisotopic (exact) mass is 275 g/mol. The summed E-state index contributed by atoms with van der Waals surface area (Å²) in [6, 6.07) is 0. The van der Waals surface area contributed by atoms with Gasteiger partial charge in [-0.1, -0.05) is 11.6 Å². The number of hydrogen-bond acceptors (Lipinski definition) is 3. The van der Waals surface area contributed by atoms with E-state index in [1.165, 1.54) is 10.9 Å². The van der Waals surface area contributed by atoms with Crippen LogP contribution < -0.4 is 4.72 Å². The molecule has 0 bridgehead atoms. The molecule has 1 rings (SSSR count). The first-order valence-corrected chi connectivity index (χ1v) is 6.95. The maximum Gasteiger partial charge on any atom is 0.261 e. The Kier molecular flexibility index (Phi) is 5.00. The van der Waals surface area contributed by atoms with Gasteiger partial charge in [0.1, 0.15) is 5.15 Å². The first-order chi connectivity index (χ1) is 7.99. The number of halogens is 1. The van der Waals surface area contributed by atoms with Crippen molar-refractivity contribution in [1.29, 1.82) is 0 Å². The van der Waals surface area contributed by atoms with Gasteiger partial charge in [-0.2, -0.15) is 0 Å². The molecule has 94 valence electrons. The molecule has 0 unspecified atom stereocenters. The number of rotatable bonds is 6. The van der Waals surface area contributed by atoms with Crippen LogP contribution in [0.15, 0.2) is 11.4 Å². The highest BCUT2D eigenvalue weighted by Gasteiger charge is 2.21. The number of hydrogen-bond donors (Lipinski definition) is 1. The number of imidazole rings is 1. The van der Waals surface area contributed by atoms with Crippen LogP contribution in [-0.2, 0) is 17.1 Å². The van der Waals surface area contributed by atoms with E-state index in [2.05, 4.69) is 15.6 Å². The minimum atomic E-state index is -3.62. The molecule has 0 amide bonds. The van der Waals surface area contributed by atoms with Crippen LogP contribution >= 0.6 is 11.6 Å². The first-order valence-electron chi connectivity index (χ1n) is 5.09. The molecule has 1 aromatic rings. The van der Waals surface area contributed by atoms with Crippen molar-refractivity contribution >= 4 is 21.6 Å². The third-order valence-electron chi connectivity index (χ3n) is 2.13. The predicted octanol–water partition coefficient (Wildman–Crippen LogP) is 1.16. The summed E-state index contributed by atoms with van der Waals surface area (Å²) < 4.78 is 27.4. The standard InChI is InChI=1S/C10H14ClN3O2S/c1-3-4-5-6-7-13-17(15,16)10-9(11)14(2)8-12-10/h1,8,13H,4-7H2,2H3. The zero-order chi connectivity index (χ0) is 12.9. The van der Waals surface area contributed by atoms with Crippen LogP contribution in [0.1, 0.15) is 19.3 Å². The lowest BCUT2D eigenvalue weighted by Crippen LogP contribution is -2.25. The maximum atomic E-state index is 11.8. The molecule has 0 saturated heterocycles. The molecule has 5 nitrogen and oxygen atoms in total. The summed E-state index contributed by atoms with van der Waals surface area (Å²) in [5, 5.41) is -0.0419. The molecule has 0 aliphatic heterocycles. The number of nitrogens with zero attached hydrogens (tertiary/aromatic N) is 2. The Morgan fingerprint density at radius 1 is 1.59 bits per heavy atom. The van der Waals surface area contributed by atoms with Crippen molar-refractivity contribution in [2.24, 2.45) is 7.05 Å². The fourth-order valence-corrected chi connectivity index (χ4v) is 2.70. The second kappa shape index (κ2) is 6.05. The normalized spacial score (nSPS) is 11.4. The summed E-state index contributed by atoms with van der Waals surface area (Å²) in [5.74, 6) is 2.50. The van der Waals surface area contributed by atoms with Crippen molar-refractivity contribution < 1.29 is 8.42 Å². The number of aryl methyl sites for hydroxylation is 1. The smallest absolute Gasteiger partial charge is 0.261 e. The van der Waals surface area contributed by atoms with Crippen molar-refractivity contribution in [3.05, 3.63) is 11.5 Å². The Morgan fingerprint density at radius 3 is 2.82 bits per heavy atom. The van der Waals surface area contributed by atoms with Crippen molar-refractivity contribution in [1.82, 2.24) is 14.3 Å². The Balaban J connectivity index is 2.58. The van der Waals surface area contributed by atoms with Crippen LogP contribution in [0.5, 0.6) is 0 Å². The maximum absolute atomic E-state index is 11.8. The lowest BCUT2D eigenvalue weighted by Gasteiger charge is -2.04. The van der Waals surface area contributed by atoms with Crippen LogP contribution in [0.4, 0.5) is 0 Å². The molecule has 0 aliphatic carbocycles. The van der Waals surface area contributed by atoms with Gasteiger partial charge < -0.3 is 4.57 Å². The van der Waals surface area contributed by atoms with E-state index in [4.69, 9.17) is 18.0 Å². The molecule has 0 aliphatic rings. The minimum absolute atomic E-state index is 0.0983. The molecule has 0 fully saturated rings. The lowest BCUT2D eigenvalue weighted by atomic mass is 10.2. The highest BCUT2D eigenvalue weighted by molar-refractivity contribution is 7.89. The van der Waals surface area contributed by atoms with Gasteiger partial charge in [0.15, 0.2) is 0 Å². The van der Waals surface area contributed by atoms with Gasteiger partial charge in [0.25, 0.3) is 10.0 Å². The van der Waals surface area contributed by atoms with E-state index in [0.717, 1.165) is 6.42 Å². The van der Waals surface area contributed by atoms with Crippen molar-refractivity contribution in [3.8, 4) is 12.3 Å². The van der Waals surface area contributed by atoms with E-state index in [0.29, 0.717) is 19.4 Å². The van der Waals surface area contributed by atoms with Crippen LogP contribution in [0.25, 0.3) is 0 Å². The Labute approximate surface area is 106 Å². The molecular weight excluding hydrogens is 262 g/mol. The molecular formula is C10H14ClN3O2S. The largest absolute Gasteiger partial charge is 0.324 e. The number of nitrogens with one attached hydrogen (secondary N) is 1. The molecule has 1 aromatic heterocycles. The molecule has 1 N–H and O–H groups in total. The van der Waals surface area contributed by atoms with Crippen LogP contribution in [0.2, 0.25) is 5.15 Å². The van der Waals surface area contributed by atoms with Crippen LogP contribution in [0.3, 0.4) is 0 Å². The summed E-state index contributed by atoms with van der Waals surface area (Å²) in [7, 11) is -2.00. The zero-order valence-corrected chi connectivity index (χ0v) is 11.1. The third kappa shape index (κ3) is 3.73. The number of aromatic nitrogens is 2. The van der Waals surface area contributed by atoms with Gasteiger partial charge in [-0.25, -0.2) is 18.1 Å². The second-order valence-corrected chi connectivity index (χ2v) is 5.55. The summed E-state index contributed by atoms with van der Waals surface area (Å²) in [5.41, 5.74) is 0. The van der Waals surface area contributed by atoms with Gasteiger partial charge in [0, 0.05) is 20.0 Å². The highest BCUT2D eigenvalue weighted by atomic mass is 35.5. The molecule has 0 saturated carbocycles. The van der Waals surface area contributed by atoms with Gasteiger partial charge in [0.2, 0.25) is 5.03 Å². The van der Waals surface area contributed by atoms with E-state index in [1.807, 2.05) is 0 Å². The third-order valence-corrected chi connectivity index (χ3v) is 4.08. The molecule has 7 heteroatoms. The second-order valence-electron chi connectivity index (χ2n) is 3.51. The van der Waals surface area contributed by atoms with Gasteiger partial charge >= 0.3 is 0 Å². The number of terminal acetylenes is 1. The number of unbranched alkanes of at least 4 members (excludes halogenated alkanes) is 2. The molecule has 0 spiro atoms. The molecule has 0 radical (unpaired) electrons. The zero-order valence-electron chi connectivity index (χ0n) is 9.48. The van der Waals surface area contributed by atoms with E-state index in [-0.39, 0.29) is 10.2 Å². The first kappa shape index (κ1) is 14.0. The van der Waals surface area contributed by atoms with E-state index in [1.54, 1.807) is 7.05 Å². The Morgan fingerprint density at radius 2 is 2.29 bits per heavy atom. The predicted molar refractivity (Wildman–Crippen MR) is 66.1 cm³/mol. The minimum Gasteiger partial charge on any atom is -0.324 e. The van der Waals surface area contributed by atoms with Crippen LogP contribution in [0, 0.1) is 12.3 Å². The average molecular weight is 276 g/mol.